The van der Waals surface area contributed by atoms with Crippen molar-refractivity contribution in [3.8, 4) is 5.75 Å². The van der Waals surface area contributed by atoms with Gasteiger partial charge in [-0.1, -0.05) is 6.07 Å². The lowest BCUT2D eigenvalue weighted by atomic mass is 9.87. The summed E-state index contributed by atoms with van der Waals surface area (Å²) in [5.74, 6) is 3.17. The zero-order chi connectivity index (χ0) is 26.6. The summed E-state index contributed by atoms with van der Waals surface area (Å²) >= 11 is 0. The van der Waals surface area contributed by atoms with Gasteiger partial charge in [0, 0.05) is 39.1 Å². The normalized spacial score (nSPS) is 23.9. The second-order valence-corrected chi connectivity index (χ2v) is 13.4. The molecular weight excluding hydrogens is 504 g/mol. The molecule has 10 nitrogen and oxygen atoms in total. The first kappa shape index (κ1) is 25.4. The molecule has 11 heteroatoms. The predicted octanol–water partition coefficient (Wildman–Crippen LogP) is 2.63. The molecule has 0 aliphatic carbocycles. The number of amides is 1. The molecule has 4 aliphatic rings. The molecule has 6 rings (SSSR count). The van der Waals surface area contributed by atoms with Crippen LogP contribution in [0.1, 0.15) is 55.4 Å². The number of fused-ring (bicyclic) bond motifs is 2. The van der Waals surface area contributed by atoms with Gasteiger partial charge in [0.2, 0.25) is 5.91 Å². The highest BCUT2D eigenvalue weighted by atomic mass is 32.2. The number of benzene rings is 1. The first-order valence-corrected chi connectivity index (χ1v) is 15.4. The second-order valence-electron chi connectivity index (χ2n) is 11.1. The monoisotopic (exact) mass is 540 g/mol. The van der Waals surface area contributed by atoms with E-state index in [1.165, 1.54) is 5.56 Å². The Labute approximate surface area is 224 Å². The summed E-state index contributed by atoms with van der Waals surface area (Å²) < 4.78 is 30.5. The largest absolute Gasteiger partial charge is 0.483 e. The van der Waals surface area contributed by atoms with Crippen LogP contribution in [0.2, 0.25) is 0 Å². The molecular formula is C27H36N6O4S. The molecule has 1 unspecified atom stereocenters. The van der Waals surface area contributed by atoms with Crippen molar-refractivity contribution in [1.82, 2.24) is 19.8 Å². The standard InChI is InChI=1S/C27H36N6O4S/c1-17-12-21(20-4-6-31(7-5-20)22-14-33(15-22)19(3)34)13-23-25(17)37-18(2)24-26(30-23)28-16-29-27(24)32-8-10-38(35,36)11-9-32/h12-13,16,18,20,22H,4-11,14-15H2,1-3H3,(H,28,29,30). The van der Waals surface area contributed by atoms with Gasteiger partial charge in [0.25, 0.3) is 0 Å². The molecule has 1 N–H and O–H groups in total. The predicted molar refractivity (Wildman–Crippen MR) is 146 cm³/mol. The van der Waals surface area contributed by atoms with Crippen LogP contribution in [-0.2, 0) is 14.6 Å². The number of carbonyl (C=O) groups is 1. The summed E-state index contributed by atoms with van der Waals surface area (Å²) in [6, 6.07) is 4.96. The maximum atomic E-state index is 12.0. The van der Waals surface area contributed by atoms with Gasteiger partial charge in [0.15, 0.2) is 9.84 Å². The van der Waals surface area contributed by atoms with Gasteiger partial charge in [-0.3, -0.25) is 9.69 Å². The Morgan fingerprint density at radius 2 is 1.79 bits per heavy atom. The van der Waals surface area contributed by atoms with Crippen molar-refractivity contribution in [3.05, 3.63) is 35.2 Å². The van der Waals surface area contributed by atoms with Gasteiger partial charge >= 0.3 is 0 Å². The molecule has 0 saturated carbocycles. The molecule has 1 aromatic heterocycles. The average molecular weight is 541 g/mol. The van der Waals surface area contributed by atoms with Crippen LogP contribution < -0.4 is 15.0 Å². The van der Waals surface area contributed by atoms with Crippen LogP contribution in [0, 0.1) is 6.92 Å². The fraction of sp³-hybridized carbons (Fsp3) is 0.593. The number of hydrogen-bond donors (Lipinski definition) is 1. The summed E-state index contributed by atoms with van der Waals surface area (Å²) in [6.07, 6.45) is 3.43. The molecule has 0 bridgehead atoms. The van der Waals surface area contributed by atoms with E-state index in [1.54, 1.807) is 13.3 Å². The average Bonchev–Trinajstić information content (AvgIpc) is 2.99. The Bertz CT molecular complexity index is 1340. The fourth-order valence-corrected chi connectivity index (χ4v) is 7.43. The van der Waals surface area contributed by atoms with Gasteiger partial charge in [-0.05, 0) is 62.9 Å². The van der Waals surface area contributed by atoms with Crippen LogP contribution >= 0.6 is 0 Å². The van der Waals surface area contributed by atoms with Crippen molar-refractivity contribution in [3.63, 3.8) is 0 Å². The number of ether oxygens (including phenoxy) is 1. The Balaban J connectivity index is 1.21. The van der Waals surface area contributed by atoms with E-state index in [0.29, 0.717) is 30.9 Å². The Morgan fingerprint density at radius 3 is 2.47 bits per heavy atom. The zero-order valence-corrected chi connectivity index (χ0v) is 23.1. The molecule has 3 saturated heterocycles. The van der Waals surface area contributed by atoms with Crippen molar-refractivity contribution < 1.29 is 17.9 Å². The molecule has 204 valence electrons. The van der Waals surface area contributed by atoms with Crippen LogP contribution in [0.25, 0.3) is 0 Å². The molecule has 1 aromatic carbocycles. The maximum absolute atomic E-state index is 12.0. The highest BCUT2D eigenvalue weighted by molar-refractivity contribution is 7.91. The van der Waals surface area contributed by atoms with E-state index in [4.69, 9.17) is 4.74 Å². The molecule has 1 amide bonds. The van der Waals surface area contributed by atoms with Gasteiger partial charge in [-0.15, -0.1) is 0 Å². The van der Waals surface area contributed by atoms with Crippen LogP contribution in [0.15, 0.2) is 18.5 Å². The number of hydrogen-bond acceptors (Lipinski definition) is 9. The summed E-state index contributed by atoms with van der Waals surface area (Å²) in [4.78, 5) is 27.1. The number of nitrogens with zero attached hydrogens (tertiary/aromatic N) is 5. The van der Waals surface area contributed by atoms with Gasteiger partial charge < -0.3 is 19.9 Å². The zero-order valence-electron chi connectivity index (χ0n) is 22.3. The summed E-state index contributed by atoms with van der Waals surface area (Å²) in [6.45, 7) is 10.4. The Hall–Kier alpha value is -2.92. The number of carbonyl (C=O) groups excluding carboxylic acids is 1. The van der Waals surface area contributed by atoms with E-state index in [9.17, 15) is 13.2 Å². The number of rotatable bonds is 3. The van der Waals surface area contributed by atoms with Crippen molar-refractivity contribution >= 4 is 33.1 Å². The van der Waals surface area contributed by atoms with Crippen LogP contribution in [0.5, 0.6) is 5.75 Å². The van der Waals surface area contributed by atoms with Crippen LogP contribution in [0.3, 0.4) is 0 Å². The third-order valence-electron chi connectivity index (χ3n) is 8.58. The Morgan fingerprint density at radius 1 is 1.08 bits per heavy atom. The summed E-state index contributed by atoms with van der Waals surface area (Å²) in [7, 11) is -2.99. The number of likely N-dealkylation sites (tertiary alicyclic amines) is 2. The highest BCUT2D eigenvalue weighted by Gasteiger charge is 2.36. The number of anilines is 3. The van der Waals surface area contributed by atoms with Crippen molar-refractivity contribution in [2.45, 2.75) is 51.7 Å². The lowest BCUT2D eigenvalue weighted by molar-refractivity contribution is -0.136. The third kappa shape index (κ3) is 4.70. The smallest absolute Gasteiger partial charge is 0.219 e. The van der Waals surface area contributed by atoms with E-state index in [-0.39, 0.29) is 23.5 Å². The molecule has 38 heavy (non-hydrogen) atoms. The van der Waals surface area contributed by atoms with E-state index < -0.39 is 9.84 Å². The minimum atomic E-state index is -2.99. The van der Waals surface area contributed by atoms with Crippen molar-refractivity contribution in [2.75, 3.05) is 61.0 Å². The molecule has 4 aliphatic heterocycles. The van der Waals surface area contributed by atoms with Crippen LogP contribution in [-0.4, -0.2) is 90.9 Å². The quantitative estimate of drug-likeness (QED) is 0.629. The SMILES string of the molecule is CC(=O)N1CC(N2CCC(c3cc(C)c4c(c3)Nc3ncnc(N5CCS(=O)(=O)CC5)c3C(C)O4)CC2)C1. The first-order valence-electron chi connectivity index (χ1n) is 13.6. The third-order valence-corrected chi connectivity index (χ3v) is 10.2. The summed E-state index contributed by atoms with van der Waals surface area (Å²) in [5, 5.41) is 3.54. The number of aryl methyl sites for hydroxylation is 1. The second kappa shape index (κ2) is 9.68. The Kier molecular flexibility index (Phi) is 6.46. The van der Waals surface area contributed by atoms with Gasteiger partial charge in [0.1, 0.15) is 29.8 Å². The fourth-order valence-electron chi connectivity index (χ4n) is 6.23. The number of sulfone groups is 1. The van der Waals surface area contributed by atoms with Gasteiger partial charge in [-0.25, -0.2) is 18.4 Å². The molecule has 0 spiro atoms. The topological polar surface area (TPSA) is 108 Å². The van der Waals surface area contributed by atoms with Crippen molar-refractivity contribution in [1.29, 1.82) is 0 Å². The molecule has 3 fully saturated rings. The minimum Gasteiger partial charge on any atom is -0.483 e. The number of aromatic nitrogens is 2. The van der Waals surface area contributed by atoms with E-state index >= 15 is 0 Å². The van der Waals surface area contributed by atoms with Gasteiger partial charge in [-0.2, -0.15) is 0 Å². The maximum Gasteiger partial charge on any atom is 0.219 e. The molecule has 0 radical (unpaired) electrons. The number of nitrogens with one attached hydrogen (secondary N) is 1. The molecule has 2 aromatic rings. The van der Waals surface area contributed by atoms with Crippen molar-refractivity contribution in [2.24, 2.45) is 0 Å². The van der Waals surface area contributed by atoms with Gasteiger partial charge in [0.05, 0.1) is 22.8 Å². The first-order chi connectivity index (χ1) is 18.2. The van der Waals surface area contributed by atoms with E-state index in [2.05, 4.69) is 39.2 Å². The van der Waals surface area contributed by atoms with E-state index in [0.717, 1.165) is 67.4 Å². The summed E-state index contributed by atoms with van der Waals surface area (Å²) in [5.41, 5.74) is 4.16. The molecule has 1 atom stereocenters. The van der Waals surface area contributed by atoms with Crippen LogP contribution in [0.4, 0.5) is 17.3 Å². The minimum absolute atomic E-state index is 0.131. The number of piperidine rings is 1. The molecule has 5 heterocycles. The lowest BCUT2D eigenvalue weighted by Crippen LogP contribution is -2.61. The highest BCUT2D eigenvalue weighted by Crippen LogP contribution is 2.45. The lowest BCUT2D eigenvalue weighted by Gasteiger charge is -2.47. The van der Waals surface area contributed by atoms with E-state index in [1.807, 2.05) is 16.7 Å².